The summed E-state index contributed by atoms with van der Waals surface area (Å²) in [4.78, 5) is 0. The zero-order valence-electron chi connectivity index (χ0n) is 10.1. The third kappa shape index (κ3) is 11.9. The van der Waals surface area contributed by atoms with Crippen LogP contribution in [0, 0.1) is 5.92 Å². The lowest BCUT2D eigenvalue weighted by Crippen LogP contribution is -2.25. The molecule has 0 fully saturated rings. The van der Waals surface area contributed by atoms with Gasteiger partial charge in [0.2, 0.25) is 0 Å². The maximum absolute atomic E-state index is 8.99. The standard InChI is InChI=1S/C12H27NO/c1-11(2)8-6-4-5-7-9-13-10-12(3)14/h11-14H,4-10H2,1-3H3/t12-/m1/s1. The van der Waals surface area contributed by atoms with Gasteiger partial charge in [-0.2, -0.15) is 0 Å². The average molecular weight is 201 g/mol. The Morgan fingerprint density at radius 2 is 1.64 bits per heavy atom. The summed E-state index contributed by atoms with van der Waals surface area (Å²) in [5.74, 6) is 0.850. The van der Waals surface area contributed by atoms with Crippen LogP contribution in [0.5, 0.6) is 0 Å². The predicted octanol–water partition coefficient (Wildman–Crippen LogP) is 2.56. The minimum absolute atomic E-state index is 0.212. The van der Waals surface area contributed by atoms with Crippen LogP contribution in [0.15, 0.2) is 0 Å². The summed E-state index contributed by atoms with van der Waals surface area (Å²) < 4.78 is 0. The molecule has 86 valence electrons. The number of unbranched alkanes of at least 4 members (excludes halogenated alkanes) is 3. The van der Waals surface area contributed by atoms with E-state index in [2.05, 4.69) is 19.2 Å². The normalized spacial score (nSPS) is 13.5. The monoisotopic (exact) mass is 201 g/mol. The Bertz CT molecular complexity index is 98.9. The maximum atomic E-state index is 8.99. The van der Waals surface area contributed by atoms with Gasteiger partial charge in [0.1, 0.15) is 0 Å². The van der Waals surface area contributed by atoms with Crippen molar-refractivity contribution < 1.29 is 5.11 Å². The molecule has 0 aliphatic heterocycles. The first-order chi connectivity index (χ1) is 6.63. The van der Waals surface area contributed by atoms with E-state index in [0.717, 1.165) is 19.0 Å². The first-order valence-corrected chi connectivity index (χ1v) is 6.01. The smallest absolute Gasteiger partial charge is 0.0636 e. The number of hydrogen-bond donors (Lipinski definition) is 2. The Hall–Kier alpha value is -0.0800. The topological polar surface area (TPSA) is 32.3 Å². The molecule has 2 heteroatoms. The van der Waals surface area contributed by atoms with E-state index in [0.29, 0.717) is 0 Å². The lowest BCUT2D eigenvalue weighted by atomic mass is 10.0. The third-order valence-electron chi connectivity index (χ3n) is 2.32. The zero-order chi connectivity index (χ0) is 10.8. The van der Waals surface area contributed by atoms with Gasteiger partial charge in [0, 0.05) is 6.54 Å². The molecule has 0 heterocycles. The molecule has 0 rings (SSSR count). The van der Waals surface area contributed by atoms with Crippen molar-refractivity contribution in [1.82, 2.24) is 5.32 Å². The molecule has 0 unspecified atom stereocenters. The summed E-state index contributed by atoms with van der Waals surface area (Å²) in [5.41, 5.74) is 0. The molecule has 0 aromatic carbocycles. The molecule has 1 atom stereocenters. The van der Waals surface area contributed by atoms with Crippen LogP contribution in [0.4, 0.5) is 0 Å². The molecule has 0 aromatic heterocycles. The highest BCUT2D eigenvalue weighted by atomic mass is 16.3. The van der Waals surface area contributed by atoms with Gasteiger partial charge in [-0.3, -0.25) is 0 Å². The molecule has 2 nitrogen and oxygen atoms in total. The Labute approximate surface area is 89.1 Å². The Morgan fingerprint density at radius 1 is 1.00 bits per heavy atom. The number of aliphatic hydroxyl groups excluding tert-OH is 1. The van der Waals surface area contributed by atoms with Crippen LogP contribution in [-0.4, -0.2) is 24.3 Å². The zero-order valence-corrected chi connectivity index (χ0v) is 10.1. The predicted molar refractivity (Wildman–Crippen MR) is 62.5 cm³/mol. The van der Waals surface area contributed by atoms with Crippen LogP contribution >= 0.6 is 0 Å². The van der Waals surface area contributed by atoms with Crippen molar-refractivity contribution >= 4 is 0 Å². The fraction of sp³-hybridized carbons (Fsp3) is 1.00. The Kier molecular flexibility index (Phi) is 9.42. The lowest BCUT2D eigenvalue weighted by molar-refractivity contribution is 0.191. The van der Waals surface area contributed by atoms with E-state index in [1.807, 2.05) is 6.92 Å². The van der Waals surface area contributed by atoms with Crippen molar-refractivity contribution in [3.05, 3.63) is 0 Å². The first kappa shape index (κ1) is 13.9. The minimum atomic E-state index is -0.212. The number of rotatable bonds is 9. The van der Waals surface area contributed by atoms with Crippen molar-refractivity contribution in [2.75, 3.05) is 13.1 Å². The highest BCUT2D eigenvalue weighted by Crippen LogP contribution is 2.08. The Morgan fingerprint density at radius 3 is 2.21 bits per heavy atom. The summed E-state index contributed by atoms with van der Waals surface area (Å²) in [6.07, 6.45) is 6.43. The van der Waals surface area contributed by atoms with Gasteiger partial charge >= 0.3 is 0 Å². The molecule has 0 radical (unpaired) electrons. The van der Waals surface area contributed by atoms with E-state index in [1.54, 1.807) is 0 Å². The molecule has 0 saturated carbocycles. The summed E-state index contributed by atoms with van der Waals surface area (Å²) in [6.45, 7) is 8.16. The molecule has 0 aliphatic carbocycles. The van der Waals surface area contributed by atoms with E-state index in [-0.39, 0.29) is 6.10 Å². The summed E-state index contributed by atoms with van der Waals surface area (Å²) in [5, 5.41) is 12.2. The maximum Gasteiger partial charge on any atom is 0.0636 e. The van der Waals surface area contributed by atoms with E-state index < -0.39 is 0 Å². The quantitative estimate of drug-likeness (QED) is 0.562. The molecule has 0 spiro atoms. The number of hydrogen-bond acceptors (Lipinski definition) is 2. The molecular weight excluding hydrogens is 174 g/mol. The SMILES string of the molecule is CC(C)CCCCCCNC[C@@H](C)O. The fourth-order valence-corrected chi connectivity index (χ4v) is 1.47. The number of aliphatic hydroxyl groups is 1. The van der Waals surface area contributed by atoms with Crippen molar-refractivity contribution in [2.24, 2.45) is 5.92 Å². The van der Waals surface area contributed by atoms with E-state index in [9.17, 15) is 0 Å². The molecule has 0 aromatic rings. The summed E-state index contributed by atoms with van der Waals surface area (Å²) in [6, 6.07) is 0. The number of nitrogens with one attached hydrogen (secondary N) is 1. The van der Waals surface area contributed by atoms with Crippen LogP contribution in [0.3, 0.4) is 0 Å². The van der Waals surface area contributed by atoms with Crippen molar-refractivity contribution in [1.29, 1.82) is 0 Å². The highest BCUT2D eigenvalue weighted by molar-refractivity contribution is 4.54. The Balaban J connectivity index is 2.92. The van der Waals surface area contributed by atoms with Gasteiger partial charge in [0.05, 0.1) is 6.10 Å². The van der Waals surface area contributed by atoms with Crippen LogP contribution < -0.4 is 5.32 Å². The summed E-state index contributed by atoms with van der Waals surface area (Å²) in [7, 11) is 0. The minimum Gasteiger partial charge on any atom is -0.392 e. The van der Waals surface area contributed by atoms with E-state index in [4.69, 9.17) is 5.11 Å². The fourth-order valence-electron chi connectivity index (χ4n) is 1.47. The molecule has 2 N–H and O–H groups in total. The molecular formula is C12H27NO. The van der Waals surface area contributed by atoms with Gasteiger partial charge in [-0.1, -0.05) is 39.5 Å². The summed E-state index contributed by atoms with van der Waals surface area (Å²) >= 11 is 0. The van der Waals surface area contributed by atoms with Gasteiger partial charge in [-0.05, 0) is 25.8 Å². The molecule has 0 aliphatic rings. The van der Waals surface area contributed by atoms with Gasteiger partial charge in [-0.25, -0.2) is 0 Å². The first-order valence-electron chi connectivity index (χ1n) is 6.01. The van der Waals surface area contributed by atoms with Gasteiger partial charge in [-0.15, -0.1) is 0 Å². The second kappa shape index (κ2) is 9.47. The largest absolute Gasteiger partial charge is 0.392 e. The van der Waals surface area contributed by atoms with Crippen LogP contribution in [0.25, 0.3) is 0 Å². The second-order valence-corrected chi connectivity index (χ2v) is 4.65. The van der Waals surface area contributed by atoms with Gasteiger partial charge < -0.3 is 10.4 Å². The van der Waals surface area contributed by atoms with Crippen LogP contribution in [0.2, 0.25) is 0 Å². The van der Waals surface area contributed by atoms with E-state index in [1.165, 1.54) is 32.1 Å². The van der Waals surface area contributed by atoms with Crippen LogP contribution in [0.1, 0.15) is 52.9 Å². The average Bonchev–Trinajstić information content (AvgIpc) is 2.08. The third-order valence-corrected chi connectivity index (χ3v) is 2.32. The molecule has 0 bridgehead atoms. The van der Waals surface area contributed by atoms with Crippen LogP contribution in [-0.2, 0) is 0 Å². The van der Waals surface area contributed by atoms with Crippen molar-refractivity contribution in [3.63, 3.8) is 0 Å². The molecule has 0 amide bonds. The van der Waals surface area contributed by atoms with Crippen molar-refractivity contribution in [2.45, 2.75) is 59.0 Å². The highest BCUT2D eigenvalue weighted by Gasteiger charge is 1.95. The van der Waals surface area contributed by atoms with Gasteiger partial charge in [0.15, 0.2) is 0 Å². The lowest BCUT2D eigenvalue weighted by Gasteiger charge is -2.07. The molecule has 0 saturated heterocycles. The van der Waals surface area contributed by atoms with E-state index >= 15 is 0 Å². The van der Waals surface area contributed by atoms with Crippen molar-refractivity contribution in [3.8, 4) is 0 Å². The second-order valence-electron chi connectivity index (χ2n) is 4.65. The van der Waals surface area contributed by atoms with Gasteiger partial charge in [0.25, 0.3) is 0 Å². The molecule has 14 heavy (non-hydrogen) atoms.